The standard InChI is InChI=1S/C20H14Br2N4O3/c1-23-13-5-3-11(7-15(13)24-2)19(27)29-20(28)12-4-6-14-16(8-12)26-18(10-22)17(9-21)25-14/h3-8H,1-2,9-10H2. The van der Waals surface area contributed by atoms with Crippen LogP contribution < -0.4 is 0 Å². The van der Waals surface area contributed by atoms with Crippen molar-refractivity contribution in [3.63, 3.8) is 0 Å². The number of benzene rings is 2. The Morgan fingerprint density at radius 2 is 1.38 bits per heavy atom. The second kappa shape index (κ2) is 9.15. The lowest BCUT2D eigenvalue weighted by atomic mass is 10.1. The van der Waals surface area contributed by atoms with Crippen molar-refractivity contribution < 1.29 is 14.3 Å². The van der Waals surface area contributed by atoms with Gasteiger partial charge in [0.15, 0.2) is 0 Å². The maximum Gasteiger partial charge on any atom is 0.346 e. The number of halogens is 2. The minimum Gasteiger partial charge on any atom is -0.386 e. The summed E-state index contributed by atoms with van der Waals surface area (Å²) in [4.78, 5) is 41.4. The molecule has 0 fully saturated rings. The lowest BCUT2D eigenvalue weighted by molar-refractivity contribution is 0.0398. The average molecular weight is 518 g/mol. The normalized spacial score (nSPS) is 10.6. The number of carbonyl (C=O) groups excluding carboxylic acids is 2. The molecular weight excluding hydrogens is 504 g/mol. The van der Waals surface area contributed by atoms with Crippen molar-refractivity contribution in [2.24, 2.45) is 9.98 Å². The maximum atomic E-state index is 12.5. The second-order valence-electron chi connectivity index (χ2n) is 5.78. The van der Waals surface area contributed by atoms with E-state index in [0.717, 1.165) is 11.4 Å². The summed E-state index contributed by atoms with van der Waals surface area (Å²) in [6.45, 7) is 6.85. The van der Waals surface area contributed by atoms with Crippen LogP contribution in [0.25, 0.3) is 11.0 Å². The van der Waals surface area contributed by atoms with Crippen molar-refractivity contribution in [3.05, 3.63) is 58.9 Å². The van der Waals surface area contributed by atoms with E-state index < -0.39 is 11.9 Å². The lowest BCUT2D eigenvalue weighted by Crippen LogP contribution is -2.13. The van der Waals surface area contributed by atoms with Gasteiger partial charge in [-0.2, -0.15) is 0 Å². The molecule has 29 heavy (non-hydrogen) atoms. The molecule has 146 valence electrons. The summed E-state index contributed by atoms with van der Waals surface area (Å²) in [6.07, 6.45) is 0. The molecule has 0 atom stereocenters. The summed E-state index contributed by atoms with van der Waals surface area (Å²) in [5, 5.41) is 1.09. The summed E-state index contributed by atoms with van der Waals surface area (Å²) < 4.78 is 4.99. The third kappa shape index (κ3) is 4.46. The van der Waals surface area contributed by atoms with E-state index >= 15 is 0 Å². The van der Waals surface area contributed by atoms with Crippen molar-refractivity contribution in [1.29, 1.82) is 0 Å². The van der Waals surface area contributed by atoms with Crippen LogP contribution >= 0.6 is 31.9 Å². The van der Waals surface area contributed by atoms with Gasteiger partial charge in [0.25, 0.3) is 0 Å². The monoisotopic (exact) mass is 516 g/mol. The minimum atomic E-state index is -0.808. The molecule has 0 aliphatic rings. The number of esters is 2. The third-order valence-electron chi connectivity index (χ3n) is 4.05. The summed E-state index contributed by atoms with van der Waals surface area (Å²) in [5.41, 5.74) is 3.93. The molecule has 0 radical (unpaired) electrons. The zero-order chi connectivity index (χ0) is 21.0. The molecule has 0 saturated heterocycles. The van der Waals surface area contributed by atoms with Gasteiger partial charge in [-0.05, 0) is 49.8 Å². The summed E-state index contributed by atoms with van der Waals surface area (Å²) >= 11 is 6.77. The van der Waals surface area contributed by atoms with Crippen molar-refractivity contribution in [3.8, 4) is 0 Å². The Bertz CT molecular complexity index is 1150. The van der Waals surface area contributed by atoms with E-state index in [0.29, 0.717) is 33.1 Å². The average Bonchev–Trinajstić information content (AvgIpc) is 2.76. The van der Waals surface area contributed by atoms with Gasteiger partial charge in [-0.25, -0.2) is 19.6 Å². The van der Waals surface area contributed by atoms with Gasteiger partial charge in [-0.3, -0.25) is 9.98 Å². The van der Waals surface area contributed by atoms with Crippen LogP contribution in [-0.2, 0) is 15.4 Å². The fraction of sp³-hybridized carbons (Fsp3) is 0.100. The first-order valence-corrected chi connectivity index (χ1v) is 10.5. The van der Waals surface area contributed by atoms with Crippen LogP contribution in [-0.4, -0.2) is 35.3 Å². The molecule has 0 amide bonds. The molecule has 3 rings (SSSR count). The van der Waals surface area contributed by atoms with E-state index in [1.54, 1.807) is 24.3 Å². The van der Waals surface area contributed by atoms with Crippen molar-refractivity contribution >= 4 is 79.6 Å². The van der Waals surface area contributed by atoms with Crippen LogP contribution in [0.5, 0.6) is 0 Å². The molecule has 1 aromatic heterocycles. The largest absolute Gasteiger partial charge is 0.386 e. The first kappa shape index (κ1) is 20.9. The summed E-state index contributed by atoms with van der Waals surface area (Å²) in [5.74, 6) is -1.60. The van der Waals surface area contributed by atoms with Gasteiger partial charge in [0.1, 0.15) is 0 Å². The lowest BCUT2D eigenvalue weighted by Gasteiger charge is -2.08. The maximum absolute atomic E-state index is 12.5. The van der Waals surface area contributed by atoms with E-state index in [2.05, 4.69) is 65.2 Å². The Morgan fingerprint density at radius 3 is 1.97 bits per heavy atom. The van der Waals surface area contributed by atoms with Crippen LogP contribution in [0.2, 0.25) is 0 Å². The molecule has 0 aliphatic carbocycles. The van der Waals surface area contributed by atoms with Crippen LogP contribution in [0.15, 0.2) is 46.4 Å². The molecule has 7 nitrogen and oxygen atoms in total. The fourth-order valence-corrected chi connectivity index (χ4v) is 3.48. The number of ether oxygens (including phenoxy) is 1. The van der Waals surface area contributed by atoms with Gasteiger partial charge >= 0.3 is 11.9 Å². The minimum absolute atomic E-state index is 0.150. The number of aliphatic imine (C=N–C) groups is 2. The summed E-state index contributed by atoms with van der Waals surface area (Å²) in [7, 11) is 0. The van der Waals surface area contributed by atoms with Crippen LogP contribution in [0.4, 0.5) is 11.4 Å². The van der Waals surface area contributed by atoms with Gasteiger partial charge in [-0.1, -0.05) is 31.9 Å². The Labute approximate surface area is 183 Å². The van der Waals surface area contributed by atoms with Gasteiger partial charge in [0.05, 0.1) is 44.9 Å². The number of nitrogens with zero attached hydrogens (tertiary/aromatic N) is 4. The predicted octanol–water partition coefficient (Wildman–Crippen LogP) is 5.08. The summed E-state index contributed by atoms with van der Waals surface area (Å²) in [6, 6.07) is 9.21. The SMILES string of the molecule is C=Nc1ccc(C(=O)OC(=O)c2ccc3nc(CBr)c(CBr)nc3c2)cc1N=C. The van der Waals surface area contributed by atoms with Gasteiger partial charge in [-0.15, -0.1) is 0 Å². The first-order valence-electron chi connectivity index (χ1n) is 8.26. The number of hydrogen-bond acceptors (Lipinski definition) is 7. The second-order valence-corrected chi connectivity index (χ2v) is 6.91. The Balaban J connectivity index is 1.86. The molecule has 0 bridgehead atoms. The predicted molar refractivity (Wildman–Crippen MR) is 119 cm³/mol. The van der Waals surface area contributed by atoms with Gasteiger partial charge in [0, 0.05) is 10.7 Å². The van der Waals surface area contributed by atoms with Crippen LogP contribution in [0, 0.1) is 0 Å². The molecular formula is C20H14Br2N4O3. The number of fused-ring (bicyclic) bond motifs is 1. The molecule has 0 unspecified atom stereocenters. The third-order valence-corrected chi connectivity index (χ3v) is 5.11. The Kier molecular flexibility index (Phi) is 6.60. The molecule has 0 aliphatic heterocycles. The highest BCUT2D eigenvalue weighted by Gasteiger charge is 2.17. The Morgan fingerprint density at radius 1 is 0.828 bits per heavy atom. The molecule has 0 spiro atoms. The van der Waals surface area contributed by atoms with E-state index in [4.69, 9.17) is 4.74 Å². The smallest absolute Gasteiger partial charge is 0.346 e. The van der Waals surface area contributed by atoms with Crippen molar-refractivity contribution in [1.82, 2.24) is 9.97 Å². The highest BCUT2D eigenvalue weighted by Crippen LogP contribution is 2.28. The van der Waals surface area contributed by atoms with Crippen molar-refractivity contribution in [2.45, 2.75) is 10.7 Å². The first-order chi connectivity index (χ1) is 14.0. The van der Waals surface area contributed by atoms with Crippen LogP contribution in [0.1, 0.15) is 32.1 Å². The quantitative estimate of drug-likeness (QED) is 0.197. The Hall–Kier alpha value is -2.78. The van der Waals surface area contributed by atoms with E-state index in [9.17, 15) is 9.59 Å². The number of rotatable bonds is 6. The molecule has 9 heteroatoms. The highest BCUT2D eigenvalue weighted by molar-refractivity contribution is 9.09. The van der Waals surface area contributed by atoms with Crippen LogP contribution in [0.3, 0.4) is 0 Å². The zero-order valence-corrected chi connectivity index (χ0v) is 18.2. The number of alkyl halides is 2. The number of hydrogen-bond donors (Lipinski definition) is 0. The molecule has 0 saturated carbocycles. The van der Waals surface area contributed by atoms with Crippen molar-refractivity contribution in [2.75, 3.05) is 0 Å². The highest BCUT2D eigenvalue weighted by atomic mass is 79.9. The molecule has 2 aromatic carbocycles. The molecule has 3 aromatic rings. The number of aromatic nitrogens is 2. The van der Waals surface area contributed by atoms with Gasteiger partial charge < -0.3 is 4.74 Å². The number of carbonyl (C=O) groups is 2. The fourth-order valence-electron chi connectivity index (χ4n) is 2.58. The molecule has 1 heterocycles. The topological polar surface area (TPSA) is 93.9 Å². The van der Waals surface area contributed by atoms with E-state index in [1.807, 2.05) is 0 Å². The van der Waals surface area contributed by atoms with Gasteiger partial charge in [0.2, 0.25) is 0 Å². The zero-order valence-electron chi connectivity index (χ0n) is 15.1. The molecule has 0 N–H and O–H groups in total. The van der Waals surface area contributed by atoms with E-state index in [1.165, 1.54) is 12.1 Å². The van der Waals surface area contributed by atoms with E-state index in [-0.39, 0.29) is 11.1 Å².